The van der Waals surface area contributed by atoms with Crippen LogP contribution >= 0.6 is 11.3 Å². The minimum absolute atomic E-state index is 0.00867. The summed E-state index contributed by atoms with van der Waals surface area (Å²) in [5.74, 6) is 1.80. The number of hydrogen-bond donors (Lipinski definition) is 4. The van der Waals surface area contributed by atoms with Crippen molar-refractivity contribution in [3.05, 3.63) is 101 Å². The number of nitrogens with one attached hydrogen (secondary N) is 2. The highest BCUT2D eigenvalue weighted by Crippen LogP contribution is 2.49. The summed E-state index contributed by atoms with van der Waals surface area (Å²) in [6, 6.07) is 20.0. The van der Waals surface area contributed by atoms with E-state index in [-0.39, 0.29) is 48.4 Å². The molecule has 77 heavy (non-hydrogen) atoms. The van der Waals surface area contributed by atoms with E-state index >= 15 is 0 Å². The van der Waals surface area contributed by atoms with Gasteiger partial charge in [-0.15, -0.1) is 11.3 Å². The maximum Gasteiger partial charge on any atom is 0.319 e. The van der Waals surface area contributed by atoms with Gasteiger partial charge in [0.1, 0.15) is 30.1 Å². The highest BCUT2D eigenvalue weighted by molar-refractivity contribution is 7.13. The molecule has 6 aliphatic rings. The van der Waals surface area contributed by atoms with Crippen LogP contribution in [-0.2, 0) is 9.59 Å². The second-order valence-corrected chi connectivity index (χ2v) is 23.9. The minimum Gasteiger partial charge on any atom is -0.508 e. The summed E-state index contributed by atoms with van der Waals surface area (Å²) >= 11 is 1.60. The number of amides is 2. The van der Waals surface area contributed by atoms with Crippen LogP contribution in [0.25, 0.3) is 43.4 Å². The van der Waals surface area contributed by atoms with Crippen LogP contribution in [0.3, 0.4) is 0 Å². The number of pyridine rings is 1. The lowest BCUT2D eigenvalue weighted by atomic mass is 9.79. The van der Waals surface area contributed by atoms with Crippen molar-refractivity contribution in [2.24, 2.45) is 17.8 Å². The van der Waals surface area contributed by atoms with Gasteiger partial charge in [-0.3, -0.25) is 19.5 Å². The van der Waals surface area contributed by atoms with E-state index in [4.69, 9.17) is 24.2 Å². The number of aliphatic hydroxyl groups excluding tert-OH is 1. The maximum absolute atomic E-state index is 14.5. The molecule has 9 heterocycles. The molecular formula is C59H67N11O6S. The second-order valence-electron chi connectivity index (χ2n) is 23.0. The molecule has 5 fully saturated rings. The van der Waals surface area contributed by atoms with Crippen molar-refractivity contribution in [2.75, 3.05) is 68.8 Å². The predicted octanol–water partition coefficient (Wildman–Crippen LogP) is 7.79. The molecule has 3 aromatic carbocycles. The zero-order valence-electron chi connectivity index (χ0n) is 44.4. The molecule has 400 valence electrons. The number of aryl methyl sites for hydroxylation is 1. The number of β-amino-alcohol motifs (C(OH)–C–C–N with tert-alkyl or cyclic N) is 1. The molecule has 5 aliphatic heterocycles. The zero-order chi connectivity index (χ0) is 52.8. The van der Waals surface area contributed by atoms with Gasteiger partial charge >= 0.3 is 6.01 Å². The molecule has 9 atom stereocenters. The van der Waals surface area contributed by atoms with E-state index < -0.39 is 18.1 Å². The Morgan fingerprint density at radius 2 is 1.74 bits per heavy atom. The number of aromatic nitrogens is 5. The summed E-state index contributed by atoms with van der Waals surface area (Å²) in [7, 11) is 0. The first-order chi connectivity index (χ1) is 37.3. The number of hydrogen-bond acceptors (Lipinski definition) is 16. The van der Waals surface area contributed by atoms with Crippen molar-refractivity contribution in [3.8, 4) is 33.5 Å². The van der Waals surface area contributed by atoms with Gasteiger partial charge in [-0.2, -0.15) is 9.97 Å². The lowest BCUT2D eigenvalue weighted by Crippen LogP contribution is -2.51. The Morgan fingerprint density at radius 3 is 2.52 bits per heavy atom. The van der Waals surface area contributed by atoms with Gasteiger partial charge in [0.15, 0.2) is 11.6 Å². The molecule has 17 nitrogen and oxygen atoms in total. The number of rotatable bonds is 13. The summed E-state index contributed by atoms with van der Waals surface area (Å²) in [5.41, 5.74) is 9.68. The van der Waals surface area contributed by atoms with Gasteiger partial charge in [0, 0.05) is 93.6 Å². The molecular weight excluding hydrogens is 991 g/mol. The van der Waals surface area contributed by atoms with E-state index in [0.29, 0.717) is 48.1 Å². The average molecular weight is 1060 g/mol. The molecule has 5 saturated heterocycles. The van der Waals surface area contributed by atoms with Gasteiger partial charge in [-0.05, 0) is 97.0 Å². The standard InChI is InChI=1S/C59H67N11O6S/c1-31(2)50(58(74)70-29-43(72)21-47(70)57(73)62-33(4)35-9-11-36(12-10-35)55-34(5)61-30-77-55)48-22-49(66-76-48)68-25-38-15-16-67(24-39(38)26-68)17-18-75-59-64-54-46(56(65-59)69-27-40-13-14-41(28-69)63-40)23-60-53-45-20-42(71)19-37-7-6-8-44(52(37)45)32(3)51(53)54/h6-12,19-20,22-23,30-33,38-41,43,47,50,63,71-72H,13-18,21,24-29H2,1-5H3,(H,62,73)/t32?,33-,38-,39+,40?,41?,43+,47-,50-/m0/s1. The number of aromatic hydroxyl groups is 1. The highest BCUT2D eigenvalue weighted by atomic mass is 32.1. The number of aliphatic hydroxyl groups is 1. The van der Waals surface area contributed by atoms with Crippen molar-refractivity contribution in [2.45, 2.75) is 102 Å². The second kappa shape index (κ2) is 19.9. The van der Waals surface area contributed by atoms with Gasteiger partial charge in [0.05, 0.1) is 44.8 Å². The third-order valence-electron chi connectivity index (χ3n) is 17.6. The van der Waals surface area contributed by atoms with Crippen LogP contribution in [0.15, 0.2) is 76.9 Å². The Hall–Kier alpha value is -6.73. The number of ether oxygens (including phenoxy) is 1. The van der Waals surface area contributed by atoms with Crippen LogP contribution in [-0.4, -0.2) is 140 Å². The van der Waals surface area contributed by atoms with Gasteiger partial charge < -0.3 is 44.8 Å². The van der Waals surface area contributed by atoms with Crippen LogP contribution in [0.2, 0.25) is 0 Å². The Balaban J connectivity index is 0.669. The fourth-order valence-corrected chi connectivity index (χ4v) is 14.5. The van der Waals surface area contributed by atoms with Crippen LogP contribution < -0.4 is 25.2 Å². The number of carbonyl (C=O) groups excluding carboxylic acids is 2. The summed E-state index contributed by atoms with van der Waals surface area (Å²) in [6.07, 6.45) is 4.62. The number of benzene rings is 3. The van der Waals surface area contributed by atoms with Crippen molar-refractivity contribution < 1.29 is 29.1 Å². The van der Waals surface area contributed by atoms with E-state index in [9.17, 15) is 19.8 Å². The van der Waals surface area contributed by atoms with Crippen LogP contribution in [0.4, 0.5) is 11.6 Å². The Labute approximate surface area is 452 Å². The van der Waals surface area contributed by atoms with Gasteiger partial charge in [0.25, 0.3) is 0 Å². The SMILES string of the molecule is Cc1ncsc1-c1ccc([C@H](C)NC(=O)[C@@H]2C[C@@H](O)CN2C(=O)[C@H](c2cc(N3C[C@H]4CN(CCOc5nc(N6CC7CCC(C6)N7)c6cnc7c(c6n5)C(C)c5cccc6cc(O)cc-7c56)CC[C@H]4C3)no2)C(C)C)cc1. The van der Waals surface area contributed by atoms with Gasteiger partial charge in [0.2, 0.25) is 11.8 Å². The molecule has 1 aliphatic carbocycles. The number of anilines is 2. The van der Waals surface area contributed by atoms with E-state index in [2.05, 4.69) is 60.6 Å². The van der Waals surface area contributed by atoms with Gasteiger partial charge in [-0.25, -0.2) is 4.98 Å². The number of thiazole rings is 1. The lowest BCUT2D eigenvalue weighted by Gasteiger charge is -2.35. The number of piperazine rings is 1. The van der Waals surface area contributed by atoms with E-state index in [0.717, 1.165) is 131 Å². The highest BCUT2D eigenvalue weighted by Gasteiger charge is 2.45. The average Bonchev–Trinajstić information content (AvgIpc) is 4.33. The summed E-state index contributed by atoms with van der Waals surface area (Å²) in [5, 5.41) is 36.2. The monoisotopic (exact) mass is 1060 g/mol. The van der Waals surface area contributed by atoms with Crippen LogP contribution in [0.5, 0.6) is 11.8 Å². The van der Waals surface area contributed by atoms with E-state index in [1.165, 1.54) is 10.5 Å². The normalized spacial score (nSPS) is 24.7. The molecule has 18 heteroatoms. The molecule has 0 radical (unpaired) electrons. The van der Waals surface area contributed by atoms with E-state index in [1.54, 1.807) is 11.3 Å². The lowest BCUT2D eigenvalue weighted by molar-refractivity contribution is -0.141. The number of piperidine rings is 1. The first kappa shape index (κ1) is 49.8. The van der Waals surface area contributed by atoms with E-state index in [1.807, 2.05) is 81.9 Å². The molecule has 2 amide bonds. The number of likely N-dealkylation sites (tertiary alicyclic amines) is 2. The largest absolute Gasteiger partial charge is 0.508 e. The third kappa shape index (κ3) is 9.13. The van der Waals surface area contributed by atoms with Crippen LogP contribution in [0, 0.1) is 24.7 Å². The first-order valence-corrected chi connectivity index (χ1v) is 28.5. The fourth-order valence-electron chi connectivity index (χ4n) is 13.7. The Morgan fingerprint density at radius 1 is 0.935 bits per heavy atom. The van der Waals surface area contributed by atoms with Crippen molar-refractivity contribution in [1.82, 2.24) is 45.5 Å². The predicted molar refractivity (Wildman–Crippen MR) is 296 cm³/mol. The fraction of sp³-hybridized carbons (Fsp3) is 0.475. The Kier molecular flexibility index (Phi) is 12.9. The summed E-state index contributed by atoms with van der Waals surface area (Å²) in [4.78, 5) is 58.2. The molecule has 0 saturated carbocycles. The molecule has 13 rings (SSSR count). The topological polar surface area (TPSA) is 198 Å². The summed E-state index contributed by atoms with van der Waals surface area (Å²) < 4.78 is 12.6. The number of phenolic OH excluding ortho intramolecular Hbond substituents is 1. The van der Waals surface area contributed by atoms with Gasteiger partial charge in [-0.1, -0.05) is 68.4 Å². The van der Waals surface area contributed by atoms with Crippen LogP contribution in [0.1, 0.15) is 99.4 Å². The molecule has 7 aromatic rings. The number of carbonyl (C=O) groups is 2. The smallest absolute Gasteiger partial charge is 0.319 e. The quantitative estimate of drug-likeness (QED) is 0.0872. The molecule has 2 bridgehead atoms. The molecule has 4 aromatic heterocycles. The number of fused-ring (bicyclic) bond motifs is 7. The Bertz CT molecular complexity index is 3390. The molecule has 3 unspecified atom stereocenters. The molecule has 0 spiro atoms. The maximum atomic E-state index is 14.5. The van der Waals surface area contributed by atoms with Crippen molar-refractivity contribution in [1.29, 1.82) is 0 Å². The molecule has 4 N–H and O–H groups in total. The van der Waals surface area contributed by atoms with Crippen molar-refractivity contribution >= 4 is 56.5 Å². The summed E-state index contributed by atoms with van der Waals surface area (Å²) in [6.45, 7) is 16.6. The number of phenols is 1. The minimum atomic E-state index is -0.818. The number of nitrogens with zero attached hydrogens (tertiary/aromatic N) is 9. The third-order valence-corrected chi connectivity index (χ3v) is 18.6. The zero-order valence-corrected chi connectivity index (χ0v) is 45.2. The first-order valence-electron chi connectivity index (χ1n) is 27.7. The van der Waals surface area contributed by atoms with Crippen molar-refractivity contribution in [3.63, 3.8) is 0 Å².